The van der Waals surface area contributed by atoms with Gasteiger partial charge in [-0.05, 0) is 110 Å². The van der Waals surface area contributed by atoms with Gasteiger partial charge in [0.1, 0.15) is 11.6 Å². The first-order chi connectivity index (χ1) is 25.6. The average Bonchev–Trinajstić information content (AvgIpc) is 3.98. The number of nitriles is 1. The van der Waals surface area contributed by atoms with E-state index in [2.05, 4.69) is 56.2 Å². The van der Waals surface area contributed by atoms with Gasteiger partial charge < -0.3 is 4.90 Å². The van der Waals surface area contributed by atoms with E-state index in [1.54, 1.807) is 6.07 Å². The third kappa shape index (κ3) is 8.58. The monoisotopic (exact) mass is 761 g/mol. The van der Waals surface area contributed by atoms with E-state index in [-0.39, 0.29) is 17.7 Å². The molecule has 0 saturated heterocycles. The number of rotatable bonds is 10. The van der Waals surface area contributed by atoms with Crippen LogP contribution in [0.15, 0.2) is 78.4 Å². The van der Waals surface area contributed by atoms with E-state index < -0.39 is 57.3 Å². The molecule has 54 heavy (non-hydrogen) atoms. The number of fused-ring (bicyclic) bond motifs is 2. The summed E-state index contributed by atoms with van der Waals surface area (Å²) >= 11 is 0.607. The Balaban J connectivity index is 0.00000133. The highest BCUT2D eigenvalue weighted by Crippen LogP contribution is 2.50. The summed E-state index contributed by atoms with van der Waals surface area (Å²) in [7, 11) is 0. The zero-order chi connectivity index (χ0) is 39.5. The van der Waals surface area contributed by atoms with Crippen LogP contribution in [0.1, 0.15) is 94.7 Å². The second kappa shape index (κ2) is 16.9. The molecule has 0 aromatic heterocycles. The van der Waals surface area contributed by atoms with E-state index >= 15 is 22.0 Å². The standard InChI is InChI=1S/C41H42F6N2S.C3H3N/c1-7-9-27-15-28(17-31(16-27)30-11-12-30)21-49(36-13-10-23(3)14-29(36)8-2)24(4)20-48-22-33-34(18-32(42)19-35(33)43)41(46,47)37-25(5)26(6)38(44)39(45)40(37)50-48;1-2-3-4/h10,13-19,30H,4,7-9,11-12,20-22H2,1-3,5-6H3;2H,1H2. The van der Waals surface area contributed by atoms with Gasteiger partial charge in [-0.3, -0.25) is 0 Å². The van der Waals surface area contributed by atoms with Crippen molar-refractivity contribution in [1.82, 2.24) is 4.31 Å². The molecule has 4 aromatic rings. The number of anilines is 1. The molecule has 4 aromatic carbocycles. The molecule has 1 fully saturated rings. The van der Waals surface area contributed by atoms with E-state index in [0.717, 1.165) is 54.5 Å². The number of nitrogens with zero attached hydrogens (tertiary/aromatic N) is 3. The van der Waals surface area contributed by atoms with Gasteiger partial charge in [-0.15, -0.1) is 0 Å². The second-order valence-electron chi connectivity index (χ2n) is 14.0. The lowest BCUT2D eigenvalue weighted by Crippen LogP contribution is -2.33. The minimum absolute atomic E-state index is 0.0267. The zero-order valence-corrected chi connectivity index (χ0v) is 32.2. The first-order valence-electron chi connectivity index (χ1n) is 18.1. The maximum Gasteiger partial charge on any atom is 0.300 e. The van der Waals surface area contributed by atoms with Crippen molar-refractivity contribution in [3.63, 3.8) is 0 Å². The fourth-order valence-corrected chi connectivity index (χ4v) is 8.24. The summed E-state index contributed by atoms with van der Waals surface area (Å²) in [4.78, 5) is 1.46. The van der Waals surface area contributed by atoms with Gasteiger partial charge in [0.2, 0.25) is 0 Å². The van der Waals surface area contributed by atoms with Crippen LogP contribution < -0.4 is 4.90 Å². The Morgan fingerprint density at radius 1 is 0.981 bits per heavy atom. The van der Waals surface area contributed by atoms with Crippen LogP contribution in [0.5, 0.6) is 0 Å². The number of halogens is 6. The molecule has 0 atom stereocenters. The minimum Gasteiger partial charge on any atom is -0.340 e. The molecule has 1 heterocycles. The Morgan fingerprint density at radius 2 is 1.67 bits per heavy atom. The van der Waals surface area contributed by atoms with Crippen molar-refractivity contribution in [3.8, 4) is 6.07 Å². The first kappa shape index (κ1) is 40.7. The summed E-state index contributed by atoms with van der Waals surface area (Å²) in [5, 5.41) is 7.51. The largest absolute Gasteiger partial charge is 0.340 e. The number of allylic oxidation sites excluding steroid dienone is 1. The lowest BCUT2D eigenvalue weighted by molar-refractivity contribution is 0.0354. The number of benzene rings is 4. The molecule has 0 spiro atoms. The van der Waals surface area contributed by atoms with Gasteiger partial charge in [-0.1, -0.05) is 69.3 Å². The molecule has 6 rings (SSSR count). The molecule has 284 valence electrons. The molecule has 1 aliphatic carbocycles. The number of hydrogen-bond acceptors (Lipinski definition) is 4. The van der Waals surface area contributed by atoms with Crippen molar-refractivity contribution in [2.75, 3.05) is 11.4 Å². The second-order valence-corrected chi connectivity index (χ2v) is 15.1. The van der Waals surface area contributed by atoms with Crippen LogP contribution in [0.25, 0.3) is 0 Å². The smallest absolute Gasteiger partial charge is 0.300 e. The molecule has 1 aliphatic heterocycles. The van der Waals surface area contributed by atoms with Crippen LogP contribution in [0.2, 0.25) is 0 Å². The normalized spacial score (nSPS) is 14.8. The minimum atomic E-state index is -4.00. The van der Waals surface area contributed by atoms with E-state index in [9.17, 15) is 4.39 Å². The van der Waals surface area contributed by atoms with E-state index in [1.807, 2.05) is 19.1 Å². The number of alkyl halides is 2. The SMILES string of the molecule is C=C(CN1Cc2c(F)cc(F)cc2C(F)(F)c2c(C)c(C)c(F)c(F)c2S1)N(Cc1cc(CCC)cc(C2CC2)c1)c1ccc(C)cc1CC.C=CC#N. The van der Waals surface area contributed by atoms with Gasteiger partial charge in [-0.25, -0.2) is 21.9 Å². The lowest BCUT2D eigenvalue weighted by Gasteiger charge is -2.35. The fourth-order valence-electron chi connectivity index (χ4n) is 7.03. The Bertz CT molecular complexity index is 2120. The highest BCUT2D eigenvalue weighted by atomic mass is 32.2. The van der Waals surface area contributed by atoms with Gasteiger partial charge in [0.15, 0.2) is 11.6 Å². The van der Waals surface area contributed by atoms with Gasteiger partial charge in [0.05, 0.1) is 11.0 Å². The lowest BCUT2D eigenvalue weighted by atomic mass is 9.90. The molecule has 0 N–H and O–H groups in total. The highest BCUT2D eigenvalue weighted by Gasteiger charge is 2.45. The molecule has 3 nitrogen and oxygen atoms in total. The number of aryl methyl sites for hydroxylation is 3. The van der Waals surface area contributed by atoms with Crippen molar-refractivity contribution in [1.29, 1.82) is 5.26 Å². The van der Waals surface area contributed by atoms with Crippen LogP contribution in [-0.4, -0.2) is 10.8 Å². The molecule has 10 heteroatoms. The third-order valence-electron chi connectivity index (χ3n) is 9.99. The predicted octanol–water partition coefficient (Wildman–Crippen LogP) is 12.4. The average molecular weight is 762 g/mol. The summed E-state index contributed by atoms with van der Waals surface area (Å²) < 4.78 is 95.1. The van der Waals surface area contributed by atoms with Crippen LogP contribution in [0.3, 0.4) is 0 Å². The van der Waals surface area contributed by atoms with E-state index in [4.69, 9.17) is 5.26 Å². The van der Waals surface area contributed by atoms with Crippen LogP contribution >= 0.6 is 11.9 Å². The van der Waals surface area contributed by atoms with Crippen molar-refractivity contribution < 1.29 is 26.3 Å². The quantitative estimate of drug-likeness (QED) is 0.0915. The summed E-state index contributed by atoms with van der Waals surface area (Å²) in [6.07, 6.45) is 6.19. The van der Waals surface area contributed by atoms with Gasteiger partial charge >= 0.3 is 0 Å². The van der Waals surface area contributed by atoms with Crippen molar-refractivity contribution >= 4 is 17.6 Å². The third-order valence-corrected chi connectivity index (χ3v) is 11.1. The topological polar surface area (TPSA) is 30.3 Å². The van der Waals surface area contributed by atoms with Gasteiger partial charge in [-0.2, -0.15) is 14.0 Å². The molecule has 0 bridgehead atoms. The van der Waals surface area contributed by atoms with Crippen molar-refractivity contribution in [2.45, 2.75) is 96.5 Å². The Hall–Kier alpha value is -4.46. The number of hydrogen-bond donors (Lipinski definition) is 0. The maximum absolute atomic E-state index is 16.3. The van der Waals surface area contributed by atoms with Crippen molar-refractivity contribution in [3.05, 3.63) is 152 Å². The maximum atomic E-state index is 16.3. The molecule has 0 amide bonds. The molecule has 0 unspecified atom stereocenters. The summed E-state index contributed by atoms with van der Waals surface area (Å²) in [5.74, 6) is -8.43. The molecular weight excluding hydrogens is 717 g/mol. The molecule has 0 radical (unpaired) electrons. The fraction of sp³-hybridized carbons (Fsp3) is 0.341. The van der Waals surface area contributed by atoms with Gasteiger partial charge in [0.25, 0.3) is 5.92 Å². The molecule has 1 saturated carbocycles. The van der Waals surface area contributed by atoms with Crippen LogP contribution in [0, 0.1) is 55.4 Å². The van der Waals surface area contributed by atoms with E-state index in [0.29, 0.717) is 42.2 Å². The Morgan fingerprint density at radius 3 is 2.30 bits per heavy atom. The van der Waals surface area contributed by atoms with Crippen molar-refractivity contribution in [2.24, 2.45) is 0 Å². The zero-order valence-electron chi connectivity index (χ0n) is 31.4. The highest BCUT2D eigenvalue weighted by molar-refractivity contribution is 7.97. The summed E-state index contributed by atoms with van der Waals surface area (Å²) in [6.45, 7) is 16.3. The van der Waals surface area contributed by atoms with Crippen LogP contribution in [0.4, 0.5) is 32.0 Å². The van der Waals surface area contributed by atoms with Gasteiger partial charge in [0, 0.05) is 59.9 Å². The Kier molecular flexibility index (Phi) is 12.8. The first-order valence-corrected chi connectivity index (χ1v) is 18.9. The summed E-state index contributed by atoms with van der Waals surface area (Å²) in [6, 6.07) is 15.8. The summed E-state index contributed by atoms with van der Waals surface area (Å²) in [5.41, 5.74) is 4.71. The predicted molar refractivity (Wildman–Crippen MR) is 206 cm³/mol. The van der Waals surface area contributed by atoms with Crippen LogP contribution in [-0.2, 0) is 31.9 Å². The Labute approximate surface area is 319 Å². The van der Waals surface area contributed by atoms with E-state index in [1.165, 1.54) is 35.4 Å². The molecule has 2 aliphatic rings. The molecular formula is C44H45F6N3S.